The van der Waals surface area contributed by atoms with E-state index in [9.17, 15) is 5.26 Å². The van der Waals surface area contributed by atoms with Crippen molar-refractivity contribution in [3.63, 3.8) is 0 Å². The molecule has 0 aliphatic heterocycles. The van der Waals surface area contributed by atoms with Crippen LogP contribution in [0.2, 0.25) is 0 Å². The van der Waals surface area contributed by atoms with Crippen LogP contribution in [0.1, 0.15) is 82.5 Å². The van der Waals surface area contributed by atoms with E-state index in [1.54, 1.807) is 5.57 Å². The van der Waals surface area contributed by atoms with Gasteiger partial charge in [-0.15, -0.1) is 0 Å². The van der Waals surface area contributed by atoms with Gasteiger partial charge in [0.15, 0.2) is 0 Å². The van der Waals surface area contributed by atoms with E-state index in [0.29, 0.717) is 5.92 Å². The fraction of sp³-hybridized carbons (Fsp3) is 0.375. The van der Waals surface area contributed by atoms with Crippen LogP contribution in [0.15, 0.2) is 59.7 Å². The quantitative estimate of drug-likeness (QED) is 0.480. The normalized spacial score (nSPS) is 18.7. The summed E-state index contributed by atoms with van der Waals surface area (Å²) in [5.41, 5.74) is 6.32. The second-order valence-corrected chi connectivity index (χ2v) is 10.7. The van der Waals surface area contributed by atoms with Crippen LogP contribution in [0.5, 0.6) is 0 Å². The van der Waals surface area contributed by atoms with Gasteiger partial charge in [-0.3, -0.25) is 0 Å². The third kappa shape index (κ3) is 5.84. The van der Waals surface area contributed by atoms with Gasteiger partial charge in [0, 0.05) is 0 Å². The molecule has 2 unspecified atom stereocenters. The number of allylic oxidation sites excluding steroid dienone is 4. The van der Waals surface area contributed by atoms with E-state index < -0.39 is 0 Å². The molecule has 2 atom stereocenters. The summed E-state index contributed by atoms with van der Waals surface area (Å²) in [6.07, 6.45) is 18.4. The van der Waals surface area contributed by atoms with Gasteiger partial charge >= 0.3 is 0 Å². The smallest absolute Gasteiger partial charge is 0.0716 e. The molecule has 2 aliphatic rings. The molecule has 1 heterocycles. The third-order valence-electron chi connectivity index (χ3n) is 6.92. The van der Waals surface area contributed by atoms with Crippen molar-refractivity contribution in [1.82, 2.24) is 4.98 Å². The third-order valence-corrected chi connectivity index (χ3v) is 6.92. The molecular formula is C32H36N2. The van der Waals surface area contributed by atoms with Crippen LogP contribution in [0.3, 0.4) is 0 Å². The largest absolute Gasteiger partial charge is 0.249 e. The molecule has 0 fully saturated rings. The van der Waals surface area contributed by atoms with Crippen LogP contribution in [0.4, 0.5) is 0 Å². The highest BCUT2D eigenvalue weighted by Gasteiger charge is 2.22. The summed E-state index contributed by atoms with van der Waals surface area (Å²) < 4.78 is 0. The molecule has 0 spiro atoms. The first-order chi connectivity index (χ1) is 16.3. The van der Waals surface area contributed by atoms with Crippen LogP contribution in [0.25, 0.3) is 24.3 Å². The van der Waals surface area contributed by atoms with E-state index in [0.717, 1.165) is 54.3 Å². The standard InChI is InChI=1S/C32H36N2/c1-23-12-14-26-17-19-29(34-31(26)20-23)18-13-24-8-7-10-27(21-24)28(22-33)16-15-25-9-5-6-11-30(25)32(2,3)4/h5,7-10,13-14,17-21,23,28H,6,11-12,15-16H2,1-4H3/b18-13+. The van der Waals surface area contributed by atoms with E-state index in [2.05, 4.69) is 107 Å². The lowest BCUT2D eigenvalue weighted by Gasteiger charge is -2.28. The maximum atomic E-state index is 9.95. The summed E-state index contributed by atoms with van der Waals surface area (Å²) in [5.74, 6) is 0.434. The molecule has 2 nitrogen and oxygen atoms in total. The summed E-state index contributed by atoms with van der Waals surface area (Å²) in [4.78, 5) is 4.82. The first-order valence-corrected chi connectivity index (χ1v) is 12.6. The zero-order chi connectivity index (χ0) is 24.1. The molecule has 174 valence electrons. The minimum Gasteiger partial charge on any atom is -0.249 e. The summed E-state index contributed by atoms with van der Waals surface area (Å²) in [6, 6.07) is 15.2. The van der Waals surface area contributed by atoms with Crippen molar-refractivity contribution in [3.8, 4) is 6.07 Å². The van der Waals surface area contributed by atoms with Crippen molar-refractivity contribution in [2.45, 2.75) is 65.7 Å². The van der Waals surface area contributed by atoms with Crippen LogP contribution < -0.4 is 10.6 Å². The number of aromatic nitrogens is 1. The highest BCUT2D eigenvalue weighted by molar-refractivity contribution is 5.68. The molecule has 2 aliphatic carbocycles. The van der Waals surface area contributed by atoms with Gasteiger partial charge in [-0.05, 0) is 77.5 Å². The highest BCUT2D eigenvalue weighted by Crippen LogP contribution is 2.37. The molecule has 0 bridgehead atoms. The Morgan fingerprint density at radius 3 is 2.82 bits per heavy atom. The number of rotatable bonds is 6. The Morgan fingerprint density at radius 1 is 1.18 bits per heavy atom. The number of hydrogen-bond donors (Lipinski definition) is 0. The lowest BCUT2D eigenvalue weighted by atomic mass is 9.77. The second-order valence-electron chi connectivity index (χ2n) is 10.7. The zero-order valence-electron chi connectivity index (χ0n) is 21.0. The van der Waals surface area contributed by atoms with Crippen molar-refractivity contribution in [1.29, 1.82) is 5.26 Å². The van der Waals surface area contributed by atoms with E-state index in [1.165, 1.54) is 10.8 Å². The Morgan fingerprint density at radius 2 is 2.03 bits per heavy atom. The monoisotopic (exact) mass is 448 g/mol. The predicted molar refractivity (Wildman–Crippen MR) is 144 cm³/mol. The number of pyridine rings is 1. The molecule has 0 N–H and O–H groups in total. The number of nitriles is 1. The molecule has 2 heteroatoms. The Hall–Kier alpha value is -3.18. The van der Waals surface area contributed by atoms with Gasteiger partial charge < -0.3 is 0 Å². The van der Waals surface area contributed by atoms with Gasteiger partial charge in [0.1, 0.15) is 0 Å². The van der Waals surface area contributed by atoms with Gasteiger partial charge in [0.25, 0.3) is 0 Å². The van der Waals surface area contributed by atoms with E-state index in [4.69, 9.17) is 4.98 Å². The van der Waals surface area contributed by atoms with Crippen LogP contribution >= 0.6 is 0 Å². The first-order valence-electron chi connectivity index (χ1n) is 12.6. The number of benzene rings is 1. The van der Waals surface area contributed by atoms with Gasteiger partial charge in [0.2, 0.25) is 0 Å². The molecule has 0 amide bonds. The molecule has 2 aromatic rings. The number of nitrogens with zero attached hydrogens (tertiary/aromatic N) is 2. The van der Waals surface area contributed by atoms with Crippen LogP contribution in [0, 0.1) is 22.7 Å². The summed E-state index contributed by atoms with van der Waals surface area (Å²) in [5, 5.41) is 12.3. The van der Waals surface area contributed by atoms with Crippen molar-refractivity contribution in [2.24, 2.45) is 11.3 Å². The summed E-state index contributed by atoms with van der Waals surface area (Å²) >= 11 is 0. The zero-order valence-corrected chi connectivity index (χ0v) is 21.0. The van der Waals surface area contributed by atoms with E-state index in [1.807, 2.05) is 0 Å². The molecule has 0 saturated heterocycles. The molecule has 1 aromatic heterocycles. The second kappa shape index (κ2) is 10.4. The lowest BCUT2D eigenvalue weighted by Crippen LogP contribution is -2.31. The van der Waals surface area contributed by atoms with E-state index in [-0.39, 0.29) is 11.3 Å². The van der Waals surface area contributed by atoms with E-state index >= 15 is 0 Å². The van der Waals surface area contributed by atoms with Crippen molar-refractivity contribution in [2.75, 3.05) is 0 Å². The minimum atomic E-state index is -0.106. The average Bonchev–Trinajstić information content (AvgIpc) is 2.83. The molecular weight excluding hydrogens is 412 g/mol. The van der Waals surface area contributed by atoms with Gasteiger partial charge in [-0.25, -0.2) is 4.98 Å². The summed E-state index contributed by atoms with van der Waals surface area (Å²) in [6.45, 7) is 9.12. The first kappa shape index (κ1) is 24.0. The number of fused-ring (bicyclic) bond motifs is 1. The van der Waals surface area contributed by atoms with Crippen LogP contribution in [-0.2, 0) is 0 Å². The van der Waals surface area contributed by atoms with Crippen molar-refractivity contribution in [3.05, 3.63) is 87.1 Å². The Bertz CT molecular complexity index is 1290. The topological polar surface area (TPSA) is 36.7 Å². The van der Waals surface area contributed by atoms with Gasteiger partial charge in [-0.2, -0.15) is 5.26 Å². The van der Waals surface area contributed by atoms with Gasteiger partial charge in [0.05, 0.1) is 23.0 Å². The maximum Gasteiger partial charge on any atom is 0.0716 e. The molecule has 4 rings (SSSR count). The maximum absolute atomic E-state index is 9.95. The summed E-state index contributed by atoms with van der Waals surface area (Å²) in [7, 11) is 0. The molecule has 0 radical (unpaired) electrons. The van der Waals surface area contributed by atoms with Gasteiger partial charge in [-0.1, -0.05) is 94.0 Å². The van der Waals surface area contributed by atoms with Crippen LogP contribution in [-0.4, -0.2) is 4.98 Å². The fourth-order valence-corrected chi connectivity index (χ4v) is 5.02. The molecule has 34 heavy (non-hydrogen) atoms. The molecule has 1 aromatic carbocycles. The van der Waals surface area contributed by atoms with Crippen molar-refractivity contribution < 1.29 is 0 Å². The minimum absolute atomic E-state index is 0.106. The van der Waals surface area contributed by atoms with Crippen molar-refractivity contribution >= 4 is 24.3 Å². The Kier molecular flexibility index (Phi) is 7.32. The predicted octanol–water partition coefficient (Wildman–Crippen LogP) is 6.93. The molecule has 0 saturated carbocycles. The number of hydrogen-bond acceptors (Lipinski definition) is 2. The average molecular weight is 449 g/mol. The Balaban J connectivity index is 1.50. The highest BCUT2D eigenvalue weighted by atomic mass is 14.7. The fourth-order valence-electron chi connectivity index (χ4n) is 5.02. The lowest BCUT2D eigenvalue weighted by molar-refractivity contribution is 0.472. The Labute approximate surface area is 204 Å². The SMILES string of the molecule is CC1C=c2nc(/C=C/c3cccc(C(C#N)CCC4=C(C(C)(C)C)CCC=C4)c3)ccc2=CC1.